The number of hydrogen-bond acceptors (Lipinski definition) is 6. The van der Waals surface area contributed by atoms with Gasteiger partial charge in [-0.1, -0.05) is 0 Å². The first kappa shape index (κ1) is 16.2. The molecule has 0 amide bonds. The number of ether oxygens (including phenoxy) is 1. The lowest BCUT2D eigenvalue weighted by atomic mass is 10.2. The molecule has 24 heavy (non-hydrogen) atoms. The Kier molecular flexibility index (Phi) is 4.63. The van der Waals surface area contributed by atoms with Gasteiger partial charge in [-0.3, -0.25) is 14.3 Å². The molecule has 0 spiro atoms. The van der Waals surface area contributed by atoms with Crippen molar-refractivity contribution in [2.24, 2.45) is 0 Å². The largest absolute Gasteiger partial charge is 0.477 e. The van der Waals surface area contributed by atoms with Crippen molar-refractivity contribution in [1.29, 1.82) is 0 Å². The summed E-state index contributed by atoms with van der Waals surface area (Å²) in [7, 11) is 0. The lowest BCUT2D eigenvalue weighted by Gasteiger charge is -2.26. The zero-order valence-electron chi connectivity index (χ0n) is 12.9. The van der Waals surface area contributed by atoms with Crippen molar-refractivity contribution in [2.75, 3.05) is 26.3 Å². The highest BCUT2D eigenvalue weighted by Gasteiger charge is 2.22. The summed E-state index contributed by atoms with van der Waals surface area (Å²) in [5, 5.41) is 9.31. The van der Waals surface area contributed by atoms with Crippen molar-refractivity contribution in [2.45, 2.75) is 13.1 Å². The highest BCUT2D eigenvalue weighted by molar-refractivity contribution is 5.86. The molecule has 0 aliphatic carbocycles. The van der Waals surface area contributed by atoms with E-state index in [1.807, 2.05) is 4.90 Å². The van der Waals surface area contributed by atoms with Crippen LogP contribution in [0.3, 0.4) is 0 Å². The van der Waals surface area contributed by atoms with Crippen LogP contribution in [0.2, 0.25) is 0 Å². The molecule has 0 radical (unpaired) electrons. The Morgan fingerprint density at radius 2 is 2.00 bits per heavy atom. The highest BCUT2D eigenvalue weighted by Crippen LogP contribution is 2.07. The van der Waals surface area contributed by atoms with Crippen molar-refractivity contribution in [3.05, 3.63) is 56.3 Å². The van der Waals surface area contributed by atoms with E-state index in [1.165, 1.54) is 6.26 Å². The molecule has 0 aromatic carbocycles. The molecule has 0 bridgehead atoms. The number of H-pyrrole nitrogens is 1. The van der Waals surface area contributed by atoms with E-state index in [2.05, 4.69) is 4.98 Å². The number of aromatic carboxylic acids is 1. The van der Waals surface area contributed by atoms with E-state index in [9.17, 15) is 19.5 Å². The molecular formula is C15H17N3O6. The van der Waals surface area contributed by atoms with Crippen molar-refractivity contribution in [3.8, 4) is 0 Å². The third-order valence-electron chi connectivity index (χ3n) is 3.88. The van der Waals surface area contributed by atoms with Gasteiger partial charge in [0, 0.05) is 19.6 Å². The van der Waals surface area contributed by atoms with Crippen LogP contribution in [0.4, 0.5) is 0 Å². The minimum Gasteiger partial charge on any atom is -0.477 e. The topological polar surface area (TPSA) is 118 Å². The monoisotopic (exact) mass is 335 g/mol. The summed E-state index contributed by atoms with van der Waals surface area (Å²) >= 11 is 0. The van der Waals surface area contributed by atoms with Crippen LogP contribution in [-0.2, 0) is 17.8 Å². The minimum atomic E-state index is -1.34. The van der Waals surface area contributed by atoms with Crippen LogP contribution in [0.25, 0.3) is 0 Å². The van der Waals surface area contributed by atoms with Gasteiger partial charge in [0.25, 0.3) is 5.56 Å². The van der Waals surface area contributed by atoms with Crippen LogP contribution in [0.1, 0.15) is 21.8 Å². The Labute approximate surface area is 136 Å². The molecule has 1 aliphatic heterocycles. The van der Waals surface area contributed by atoms with Crippen molar-refractivity contribution >= 4 is 5.97 Å². The number of aromatic nitrogens is 2. The molecule has 1 aliphatic rings. The van der Waals surface area contributed by atoms with Gasteiger partial charge in [-0.2, -0.15) is 0 Å². The number of carbonyl (C=O) groups is 1. The molecule has 0 unspecified atom stereocenters. The van der Waals surface area contributed by atoms with E-state index < -0.39 is 17.2 Å². The maximum atomic E-state index is 12.7. The SMILES string of the molecule is O=C(O)c1[nH]c(=O)n(Cc2ccco2)c(=O)c1CN1CCOCC1. The second-order valence-corrected chi connectivity index (χ2v) is 5.45. The van der Waals surface area contributed by atoms with Gasteiger partial charge < -0.3 is 19.2 Å². The van der Waals surface area contributed by atoms with Gasteiger partial charge in [0.1, 0.15) is 11.5 Å². The molecule has 3 rings (SSSR count). The fourth-order valence-electron chi connectivity index (χ4n) is 2.63. The lowest BCUT2D eigenvalue weighted by Crippen LogP contribution is -2.43. The fraction of sp³-hybridized carbons (Fsp3) is 0.400. The molecular weight excluding hydrogens is 318 g/mol. The Hall–Kier alpha value is -2.65. The van der Waals surface area contributed by atoms with Crippen LogP contribution in [-0.4, -0.2) is 51.8 Å². The predicted octanol–water partition coefficient (Wildman–Crippen LogP) is -0.292. The molecule has 9 heteroatoms. The maximum absolute atomic E-state index is 12.7. The number of nitrogens with one attached hydrogen (secondary N) is 1. The maximum Gasteiger partial charge on any atom is 0.352 e. The molecule has 0 atom stereocenters. The minimum absolute atomic E-state index is 0.0514. The van der Waals surface area contributed by atoms with E-state index in [1.54, 1.807) is 12.1 Å². The summed E-state index contributed by atoms with van der Waals surface area (Å²) in [4.78, 5) is 40.4. The molecule has 2 aromatic heterocycles. The van der Waals surface area contributed by atoms with Crippen LogP contribution in [0.5, 0.6) is 0 Å². The van der Waals surface area contributed by atoms with Crippen LogP contribution < -0.4 is 11.2 Å². The Bertz CT molecular complexity index is 830. The summed E-state index contributed by atoms with van der Waals surface area (Å²) in [6.45, 7) is 2.31. The quantitative estimate of drug-likeness (QED) is 0.771. The Morgan fingerprint density at radius 3 is 2.62 bits per heavy atom. The molecule has 9 nitrogen and oxygen atoms in total. The number of rotatable bonds is 5. The van der Waals surface area contributed by atoms with E-state index in [0.29, 0.717) is 32.1 Å². The predicted molar refractivity (Wildman–Crippen MR) is 82.2 cm³/mol. The van der Waals surface area contributed by atoms with Crippen molar-refractivity contribution < 1.29 is 19.1 Å². The number of morpholine rings is 1. The molecule has 3 heterocycles. The average molecular weight is 335 g/mol. The number of furan rings is 1. The molecule has 1 fully saturated rings. The van der Waals surface area contributed by atoms with Crippen molar-refractivity contribution in [1.82, 2.24) is 14.5 Å². The van der Waals surface area contributed by atoms with Gasteiger partial charge in [-0.15, -0.1) is 0 Å². The first-order valence-electron chi connectivity index (χ1n) is 7.48. The molecule has 2 aromatic rings. The third-order valence-corrected chi connectivity index (χ3v) is 3.88. The first-order valence-corrected chi connectivity index (χ1v) is 7.48. The fourth-order valence-corrected chi connectivity index (χ4v) is 2.63. The Balaban J connectivity index is 2.01. The second-order valence-electron chi connectivity index (χ2n) is 5.45. The summed E-state index contributed by atoms with van der Waals surface area (Å²) in [5.74, 6) is -0.902. The number of carboxylic acid groups (broad SMARTS) is 1. The standard InChI is InChI=1S/C15H17N3O6/c19-13-11(9-17-3-6-23-7-4-17)12(14(20)21)16-15(22)18(13)8-10-2-1-5-24-10/h1-2,5H,3-4,6-9H2,(H,16,22)(H,20,21). The van der Waals surface area contributed by atoms with Gasteiger partial charge >= 0.3 is 11.7 Å². The van der Waals surface area contributed by atoms with Gasteiger partial charge in [-0.25, -0.2) is 9.59 Å². The number of hydrogen-bond donors (Lipinski definition) is 2. The number of carboxylic acids is 1. The summed E-state index contributed by atoms with van der Waals surface area (Å²) in [6.07, 6.45) is 1.44. The molecule has 128 valence electrons. The Morgan fingerprint density at radius 1 is 1.25 bits per heavy atom. The van der Waals surface area contributed by atoms with E-state index >= 15 is 0 Å². The summed E-state index contributed by atoms with van der Waals surface area (Å²) in [6, 6.07) is 3.29. The zero-order chi connectivity index (χ0) is 17.1. The van der Waals surface area contributed by atoms with E-state index in [0.717, 1.165) is 4.57 Å². The van der Waals surface area contributed by atoms with Crippen LogP contribution in [0, 0.1) is 0 Å². The van der Waals surface area contributed by atoms with Gasteiger partial charge in [0.15, 0.2) is 0 Å². The smallest absolute Gasteiger partial charge is 0.352 e. The highest BCUT2D eigenvalue weighted by atomic mass is 16.5. The van der Waals surface area contributed by atoms with Crippen LogP contribution in [0.15, 0.2) is 32.4 Å². The molecule has 1 saturated heterocycles. The number of nitrogens with zero attached hydrogens (tertiary/aromatic N) is 2. The molecule has 0 saturated carbocycles. The van der Waals surface area contributed by atoms with E-state index in [4.69, 9.17) is 9.15 Å². The van der Waals surface area contributed by atoms with E-state index in [-0.39, 0.29) is 24.3 Å². The summed E-state index contributed by atoms with van der Waals surface area (Å²) in [5.41, 5.74) is -1.72. The average Bonchev–Trinajstić information content (AvgIpc) is 3.08. The number of aromatic amines is 1. The van der Waals surface area contributed by atoms with Crippen LogP contribution >= 0.6 is 0 Å². The van der Waals surface area contributed by atoms with Gasteiger partial charge in [0.2, 0.25) is 0 Å². The third kappa shape index (κ3) is 3.31. The van der Waals surface area contributed by atoms with Gasteiger partial charge in [0.05, 0.1) is 31.6 Å². The zero-order valence-corrected chi connectivity index (χ0v) is 12.9. The second kappa shape index (κ2) is 6.85. The van der Waals surface area contributed by atoms with Gasteiger partial charge in [-0.05, 0) is 12.1 Å². The molecule has 2 N–H and O–H groups in total. The lowest BCUT2D eigenvalue weighted by molar-refractivity contribution is 0.0335. The normalized spacial score (nSPS) is 15.5. The van der Waals surface area contributed by atoms with Crippen molar-refractivity contribution in [3.63, 3.8) is 0 Å². The first-order chi connectivity index (χ1) is 11.6. The summed E-state index contributed by atoms with van der Waals surface area (Å²) < 4.78 is 11.4.